The molecule has 6 nitrogen and oxygen atoms in total. The van der Waals surface area contributed by atoms with Gasteiger partial charge in [0.1, 0.15) is 6.04 Å². The second-order valence-corrected chi connectivity index (χ2v) is 6.70. The van der Waals surface area contributed by atoms with Crippen LogP contribution in [0.15, 0.2) is 17.5 Å². The zero-order valence-corrected chi connectivity index (χ0v) is 13.7. The van der Waals surface area contributed by atoms with E-state index in [1.165, 1.54) is 0 Å². The standard InChI is InChI=1S/C14H16N4O2S2/c1-2-9(18-7-3-6-11(18)19)13(20)16-14-15-12(17-22-14)10-5-4-8-21-10/h4-5,8-9H,2-3,6-7H2,1H3,(H,15,16,17,20)/t9-/m1/s1. The van der Waals surface area contributed by atoms with Crippen LogP contribution in [0.3, 0.4) is 0 Å². The number of rotatable bonds is 5. The maximum Gasteiger partial charge on any atom is 0.248 e. The molecule has 1 aliphatic heterocycles. The Hall–Kier alpha value is -1.80. The van der Waals surface area contributed by atoms with Crippen LogP contribution in [0.4, 0.5) is 5.13 Å². The number of thiophene rings is 1. The Kier molecular flexibility index (Phi) is 4.49. The number of likely N-dealkylation sites (tertiary alicyclic amines) is 1. The van der Waals surface area contributed by atoms with Crippen molar-refractivity contribution in [3.8, 4) is 10.7 Å². The molecule has 0 unspecified atom stereocenters. The lowest BCUT2D eigenvalue weighted by Gasteiger charge is -2.25. The summed E-state index contributed by atoms with van der Waals surface area (Å²) in [4.78, 5) is 31.2. The molecule has 3 rings (SSSR count). The van der Waals surface area contributed by atoms with Crippen molar-refractivity contribution in [1.82, 2.24) is 14.3 Å². The molecule has 3 heterocycles. The summed E-state index contributed by atoms with van der Waals surface area (Å²) in [7, 11) is 0. The van der Waals surface area contributed by atoms with E-state index in [9.17, 15) is 9.59 Å². The Labute approximate surface area is 136 Å². The summed E-state index contributed by atoms with van der Waals surface area (Å²) >= 11 is 2.71. The predicted molar refractivity (Wildman–Crippen MR) is 86.9 cm³/mol. The molecule has 0 saturated carbocycles. The molecule has 8 heteroatoms. The Balaban J connectivity index is 1.69. The van der Waals surface area contributed by atoms with Gasteiger partial charge in [-0.15, -0.1) is 11.3 Å². The first-order valence-corrected chi connectivity index (χ1v) is 8.82. The minimum atomic E-state index is -0.427. The van der Waals surface area contributed by atoms with E-state index < -0.39 is 6.04 Å². The molecular formula is C14H16N4O2S2. The Bertz CT molecular complexity index is 668. The van der Waals surface area contributed by atoms with E-state index in [0.717, 1.165) is 22.8 Å². The average molecular weight is 336 g/mol. The van der Waals surface area contributed by atoms with Crippen molar-refractivity contribution >= 4 is 39.8 Å². The van der Waals surface area contributed by atoms with E-state index in [0.29, 0.717) is 30.3 Å². The second-order valence-electron chi connectivity index (χ2n) is 5.00. The number of amides is 2. The van der Waals surface area contributed by atoms with E-state index in [1.54, 1.807) is 16.2 Å². The maximum absolute atomic E-state index is 12.4. The Morgan fingerprint density at radius 3 is 3.05 bits per heavy atom. The lowest BCUT2D eigenvalue weighted by Crippen LogP contribution is -2.44. The van der Waals surface area contributed by atoms with Crippen molar-refractivity contribution < 1.29 is 9.59 Å². The van der Waals surface area contributed by atoms with Gasteiger partial charge < -0.3 is 4.90 Å². The van der Waals surface area contributed by atoms with Crippen LogP contribution in [0.5, 0.6) is 0 Å². The fourth-order valence-corrected chi connectivity index (χ4v) is 3.82. The van der Waals surface area contributed by atoms with Gasteiger partial charge in [0.15, 0.2) is 5.82 Å². The summed E-state index contributed by atoms with van der Waals surface area (Å²) in [6.45, 7) is 2.56. The van der Waals surface area contributed by atoms with E-state index in [1.807, 2.05) is 24.4 Å². The molecule has 0 spiro atoms. The van der Waals surface area contributed by atoms with Gasteiger partial charge in [0.05, 0.1) is 4.88 Å². The molecule has 0 bridgehead atoms. The minimum Gasteiger partial charge on any atom is -0.331 e. The summed E-state index contributed by atoms with van der Waals surface area (Å²) in [6.07, 6.45) is 1.95. The molecule has 1 aliphatic rings. The van der Waals surface area contributed by atoms with Gasteiger partial charge in [-0.25, -0.2) is 0 Å². The third kappa shape index (κ3) is 3.02. The van der Waals surface area contributed by atoms with Gasteiger partial charge in [0.25, 0.3) is 0 Å². The monoisotopic (exact) mass is 336 g/mol. The molecule has 1 saturated heterocycles. The predicted octanol–water partition coefficient (Wildman–Crippen LogP) is 2.61. The van der Waals surface area contributed by atoms with Gasteiger partial charge in [-0.1, -0.05) is 13.0 Å². The largest absolute Gasteiger partial charge is 0.331 e. The van der Waals surface area contributed by atoms with Gasteiger partial charge in [0, 0.05) is 24.5 Å². The molecule has 0 aliphatic carbocycles. The van der Waals surface area contributed by atoms with Crippen molar-refractivity contribution in [3.05, 3.63) is 17.5 Å². The van der Waals surface area contributed by atoms with Crippen molar-refractivity contribution in [3.63, 3.8) is 0 Å². The number of aromatic nitrogens is 2. The molecule has 2 aromatic heterocycles. The lowest BCUT2D eigenvalue weighted by molar-refractivity contribution is -0.135. The van der Waals surface area contributed by atoms with E-state index in [2.05, 4.69) is 14.7 Å². The highest BCUT2D eigenvalue weighted by molar-refractivity contribution is 7.14. The van der Waals surface area contributed by atoms with Gasteiger partial charge >= 0.3 is 0 Å². The molecule has 1 atom stereocenters. The molecule has 0 aromatic carbocycles. The highest BCUT2D eigenvalue weighted by atomic mass is 32.1. The summed E-state index contributed by atoms with van der Waals surface area (Å²) in [5.41, 5.74) is 0. The highest BCUT2D eigenvalue weighted by Crippen LogP contribution is 2.25. The first-order chi connectivity index (χ1) is 10.7. The fourth-order valence-electron chi connectivity index (χ4n) is 2.51. The molecular weight excluding hydrogens is 320 g/mol. The van der Waals surface area contributed by atoms with Crippen molar-refractivity contribution in [2.24, 2.45) is 0 Å². The van der Waals surface area contributed by atoms with E-state index in [-0.39, 0.29) is 11.8 Å². The summed E-state index contributed by atoms with van der Waals surface area (Å²) in [5, 5.41) is 5.22. The maximum atomic E-state index is 12.4. The van der Waals surface area contributed by atoms with Crippen LogP contribution in [-0.2, 0) is 9.59 Å². The van der Waals surface area contributed by atoms with Gasteiger partial charge in [-0.3, -0.25) is 14.9 Å². The smallest absolute Gasteiger partial charge is 0.248 e. The topological polar surface area (TPSA) is 75.2 Å². The minimum absolute atomic E-state index is 0.0542. The summed E-state index contributed by atoms with van der Waals surface area (Å²) < 4.78 is 4.26. The third-order valence-corrected chi connectivity index (χ3v) is 5.07. The number of anilines is 1. The number of hydrogen-bond acceptors (Lipinski definition) is 6. The van der Waals surface area contributed by atoms with Crippen LogP contribution < -0.4 is 5.32 Å². The molecule has 0 radical (unpaired) electrons. The first kappa shape index (κ1) is 15.1. The number of nitrogens with zero attached hydrogens (tertiary/aromatic N) is 3. The van der Waals surface area contributed by atoms with Crippen LogP contribution in [0.25, 0.3) is 10.7 Å². The van der Waals surface area contributed by atoms with Crippen LogP contribution in [-0.4, -0.2) is 38.7 Å². The molecule has 1 N–H and O–H groups in total. The summed E-state index contributed by atoms with van der Waals surface area (Å²) in [5.74, 6) is 0.491. The third-order valence-electron chi connectivity index (χ3n) is 3.57. The van der Waals surface area contributed by atoms with E-state index >= 15 is 0 Å². The van der Waals surface area contributed by atoms with E-state index in [4.69, 9.17) is 0 Å². The van der Waals surface area contributed by atoms with Gasteiger partial charge in [-0.05, 0) is 24.3 Å². The van der Waals surface area contributed by atoms with Crippen LogP contribution in [0, 0.1) is 0 Å². The van der Waals surface area contributed by atoms with Gasteiger partial charge in [0.2, 0.25) is 16.9 Å². The molecule has 2 amide bonds. The second kappa shape index (κ2) is 6.53. The number of carbonyl (C=O) groups is 2. The SMILES string of the molecule is CC[C@H](C(=O)Nc1nc(-c2cccs2)ns1)N1CCCC1=O. The number of nitrogens with one attached hydrogen (secondary N) is 1. The average Bonchev–Trinajstić information content (AvgIpc) is 3.21. The molecule has 22 heavy (non-hydrogen) atoms. The van der Waals surface area contributed by atoms with Gasteiger partial charge in [-0.2, -0.15) is 9.36 Å². The number of carbonyl (C=O) groups excluding carboxylic acids is 2. The Morgan fingerprint density at radius 1 is 1.55 bits per heavy atom. The van der Waals surface area contributed by atoms with Crippen LogP contribution >= 0.6 is 22.9 Å². The molecule has 1 fully saturated rings. The van der Waals surface area contributed by atoms with Crippen molar-refractivity contribution in [2.75, 3.05) is 11.9 Å². The summed E-state index contributed by atoms with van der Waals surface area (Å²) in [6, 6.07) is 3.45. The molecule has 2 aromatic rings. The fraction of sp³-hybridized carbons (Fsp3) is 0.429. The first-order valence-electron chi connectivity index (χ1n) is 7.17. The van der Waals surface area contributed by atoms with Crippen LogP contribution in [0.1, 0.15) is 26.2 Å². The molecule has 116 valence electrons. The Morgan fingerprint density at radius 2 is 2.41 bits per heavy atom. The van der Waals surface area contributed by atoms with Crippen LogP contribution in [0.2, 0.25) is 0 Å². The van der Waals surface area contributed by atoms with Crippen molar-refractivity contribution in [1.29, 1.82) is 0 Å². The zero-order valence-electron chi connectivity index (χ0n) is 12.1. The normalized spacial score (nSPS) is 16.0. The number of hydrogen-bond donors (Lipinski definition) is 1. The zero-order chi connectivity index (χ0) is 15.5. The highest BCUT2D eigenvalue weighted by Gasteiger charge is 2.31. The quantitative estimate of drug-likeness (QED) is 0.911. The lowest BCUT2D eigenvalue weighted by atomic mass is 10.2. The van der Waals surface area contributed by atoms with Crippen molar-refractivity contribution in [2.45, 2.75) is 32.2 Å².